The van der Waals surface area contributed by atoms with E-state index in [4.69, 9.17) is 15.9 Å². The maximum absolute atomic E-state index is 5.33. The van der Waals surface area contributed by atoms with Gasteiger partial charge in [0.05, 0.1) is 7.11 Å². The van der Waals surface area contributed by atoms with Gasteiger partial charge in [0.25, 0.3) is 0 Å². The Morgan fingerprint density at radius 2 is 2.12 bits per heavy atom. The van der Waals surface area contributed by atoms with Crippen molar-refractivity contribution in [3.05, 3.63) is 23.8 Å². The van der Waals surface area contributed by atoms with Gasteiger partial charge in [-0.05, 0) is 24.7 Å². The second-order valence-corrected chi connectivity index (χ2v) is 3.01. The molecule has 0 amide bonds. The molecule has 3 nitrogen and oxygen atoms in total. The van der Waals surface area contributed by atoms with Gasteiger partial charge in [-0.15, -0.1) is 18.8 Å². The first kappa shape index (κ1) is 14.6. The molecule has 0 heterocycles. The summed E-state index contributed by atoms with van der Waals surface area (Å²) in [4.78, 5) is 0. The third-order valence-corrected chi connectivity index (χ3v) is 1.92. The van der Waals surface area contributed by atoms with Gasteiger partial charge in [-0.3, -0.25) is 0 Å². The van der Waals surface area contributed by atoms with Crippen molar-refractivity contribution < 1.29 is 9.47 Å². The number of rotatable bonds is 5. The molecule has 1 aromatic rings. The molecule has 0 saturated carbocycles. The van der Waals surface area contributed by atoms with E-state index in [9.17, 15) is 0 Å². The fourth-order valence-electron chi connectivity index (χ4n) is 1.26. The molecule has 0 bridgehead atoms. The van der Waals surface area contributed by atoms with E-state index in [1.165, 1.54) is 0 Å². The van der Waals surface area contributed by atoms with E-state index in [0.717, 1.165) is 12.1 Å². The molecule has 0 aliphatic carbocycles. The lowest BCUT2D eigenvalue weighted by Crippen LogP contribution is -2.05. The molecule has 0 aromatic heterocycles. The topological polar surface area (TPSA) is 30.5 Å². The second kappa shape index (κ2) is 7.86. The molecule has 0 atom stereocenters. The van der Waals surface area contributed by atoms with Crippen molar-refractivity contribution in [3.8, 4) is 23.8 Å². The third kappa shape index (κ3) is 4.01. The lowest BCUT2D eigenvalue weighted by Gasteiger charge is -2.10. The summed E-state index contributed by atoms with van der Waals surface area (Å²) in [5.41, 5.74) is 1.14. The first-order valence-corrected chi connectivity index (χ1v) is 4.69. The van der Waals surface area contributed by atoms with Crippen LogP contribution in [-0.4, -0.2) is 20.8 Å². The van der Waals surface area contributed by atoms with Crippen LogP contribution in [0, 0.1) is 12.3 Å². The monoisotopic (exact) mass is 241 g/mol. The maximum Gasteiger partial charge on any atom is 0.162 e. The fourth-order valence-corrected chi connectivity index (χ4v) is 1.26. The number of halogens is 1. The summed E-state index contributed by atoms with van der Waals surface area (Å²) in [7, 11) is 3.51. The predicted octanol–water partition coefficient (Wildman–Crippen LogP) is 1.85. The van der Waals surface area contributed by atoms with E-state index < -0.39 is 0 Å². The van der Waals surface area contributed by atoms with Crippen molar-refractivity contribution in [2.24, 2.45) is 0 Å². The highest BCUT2D eigenvalue weighted by Gasteiger charge is 2.04. The van der Waals surface area contributed by atoms with Gasteiger partial charge in [-0.2, -0.15) is 0 Å². The summed E-state index contributed by atoms with van der Waals surface area (Å²) in [5.74, 6) is 3.80. The zero-order valence-electron chi connectivity index (χ0n) is 9.45. The van der Waals surface area contributed by atoms with Gasteiger partial charge in [0.2, 0.25) is 0 Å². The van der Waals surface area contributed by atoms with E-state index in [0.29, 0.717) is 11.5 Å². The number of methoxy groups -OCH3 is 1. The normalized spacial score (nSPS) is 8.81. The molecule has 1 aromatic carbocycles. The molecular formula is C12H16ClNO2. The molecule has 1 N–H and O–H groups in total. The SMILES string of the molecule is C#CCOc1ccc(CNC)cc1OC.Cl. The average molecular weight is 242 g/mol. The summed E-state index contributed by atoms with van der Waals surface area (Å²) in [6.45, 7) is 1.05. The number of benzene rings is 1. The van der Waals surface area contributed by atoms with Crippen LogP contribution in [0.1, 0.15) is 5.56 Å². The summed E-state index contributed by atoms with van der Waals surface area (Å²) in [6.07, 6.45) is 5.12. The highest BCUT2D eigenvalue weighted by Crippen LogP contribution is 2.27. The van der Waals surface area contributed by atoms with Gasteiger partial charge in [0, 0.05) is 6.54 Å². The fraction of sp³-hybridized carbons (Fsp3) is 0.333. The van der Waals surface area contributed by atoms with E-state index in [-0.39, 0.29) is 19.0 Å². The van der Waals surface area contributed by atoms with Crippen molar-refractivity contribution in [2.45, 2.75) is 6.54 Å². The largest absolute Gasteiger partial charge is 0.493 e. The zero-order valence-corrected chi connectivity index (χ0v) is 10.3. The molecule has 1 rings (SSSR count). The van der Waals surface area contributed by atoms with Crippen molar-refractivity contribution in [1.82, 2.24) is 5.32 Å². The van der Waals surface area contributed by atoms with E-state index in [2.05, 4.69) is 11.2 Å². The molecule has 0 saturated heterocycles. The van der Waals surface area contributed by atoms with Crippen molar-refractivity contribution in [2.75, 3.05) is 20.8 Å². The van der Waals surface area contributed by atoms with Crippen LogP contribution in [0.5, 0.6) is 11.5 Å². The molecule has 16 heavy (non-hydrogen) atoms. The quantitative estimate of drug-likeness (QED) is 0.799. The van der Waals surface area contributed by atoms with Crippen LogP contribution in [0.3, 0.4) is 0 Å². The molecule has 0 unspecified atom stereocenters. The Kier molecular flexibility index (Phi) is 7.19. The summed E-state index contributed by atoms with van der Waals surface area (Å²) >= 11 is 0. The minimum absolute atomic E-state index is 0. The van der Waals surface area contributed by atoms with E-state index >= 15 is 0 Å². The van der Waals surface area contributed by atoms with Crippen molar-refractivity contribution in [3.63, 3.8) is 0 Å². The van der Waals surface area contributed by atoms with Gasteiger partial charge in [0.1, 0.15) is 6.61 Å². The van der Waals surface area contributed by atoms with Crippen molar-refractivity contribution >= 4 is 12.4 Å². The highest BCUT2D eigenvalue weighted by molar-refractivity contribution is 5.85. The van der Waals surface area contributed by atoms with Gasteiger partial charge < -0.3 is 14.8 Å². The molecular weight excluding hydrogens is 226 g/mol. The standard InChI is InChI=1S/C12H15NO2.ClH/c1-4-7-15-11-6-5-10(9-13-2)8-12(11)14-3;/h1,5-6,8,13H,7,9H2,2-3H3;1H. The average Bonchev–Trinajstić information content (AvgIpc) is 2.27. The van der Waals surface area contributed by atoms with Crippen LogP contribution < -0.4 is 14.8 Å². The van der Waals surface area contributed by atoms with Gasteiger partial charge in [-0.1, -0.05) is 12.0 Å². The van der Waals surface area contributed by atoms with Crippen molar-refractivity contribution in [1.29, 1.82) is 0 Å². The summed E-state index contributed by atoms with van der Waals surface area (Å²) in [6, 6.07) is 5.77. The van der Waals surface area contributed by atoms with Crippen LogP contribution >= 0.6 is 12.4 Å². The van der Waals surface area contributed by atoms with E-state index in [1.807, 2.05) is 25.2 Å². The number of hydrogen-bond acceptors (Lipinski definition) is 3. The van der Waals surface area contributed by atoms with Gasteiger partial charge in [0.15, 0.2) is 11.5 Å². The number of ether oxygens (including phenoxy) is 2. The molecule has 0 aliphatic rings. The first-order chi connectivity index (χ1) is 7.31. The lowest BCUT2D eigenvalue weighted by atomic mass is 10.2. The minimum Gasteiger partial charge on any atom is -0.493 e. The lowest BCUT2D eigenvalue weighted by molar-refractivity contribution is 0.330. The Balaban J connectivity index is 0.00000225. The number of terminal acetylenes is 1. The Hall–Kier alpha value is -1.37. The number of hydrogen-bond donors (Lipinski definition) is 1. The Morgan fingerprint density at radius 3 is 2.69 bits per heavy atom. The Morgan fingerprint density at radius 1 is 1.38 bits per heavy atom. The van der Waals surface area contributed by atoms with Gasteiger partial charge >= 0.3 is 0 Å². The Bertz CT molecular complexity index is 361. The van der Waals surface area contributed by atoms with Crippen LogP contribution in [0.25, 0.3) is 0 Å². The number of nitrogens with one attached hydrogen (secondary N) is 1. The van der Waals surface area contributed by atoms with Crippen LogP contribution in [0.15, 0.2) is 18.2 Å². The third-order valence-electron chi connectivity index (χ3n) is 1.92. The highest BCUT2D eigenvalue weighted by atomic mass is 35.5. The van der Waals surface area contributed by atoms with Gasteiger partial charge in [-0.25, -0.2) is 0 Å². The molecule has 0 spiro atoms. The minimum atomic E-state index is 0. The summed E-state index contributed by atoms with van der Waals surface area (Å²) < 4.78 is 10.5. The summed E-state index contributed by atoms with van der Waals surface area (Å²) in [5, 5.41) is 3.07. The Labute approximate surface area is 103 Å². The molecule has 4 heteroatoms. The van der Waals surface area contributed by atoms with Crippen LogP contribution in [-0.2, 0) is 6.54 Å². The maximum atomic E-state index is 5.33. The molecule has 0 aliphatic heterocycles. The van der Waals surface area contributed by atoms with E-state index in [1.54, 1.807) is 7.11 Å². The first-order valence-electron chi connectivity index (χ1n) is 4.69. The predicted molar refractivity (Wildman–Crippen MR) is 67.3 cm³/mol. The zero-order chi connectivity index (χ0) is 11.1. The molecule has 0 radical (unpaired) electrons. The smallest absolute Gasteiger partial charge is 0.162 e. The molecule has 88 valence electrons. The van der Waals surface area contributed by atoms with Crippen LogP contribution in [0.2, 0.25) is 0 Å². The second-order valence-electron chi connectivity index (χ2n) is 3.01. The van der Waals surface area contributed by atoms with Crippen LogP contribution in [0.4, 0.5) is 0 Å². The molecule has 0 fully saturated rings.